The summed E-state index contributed by atoms with van der Waals surface area (Å²) < 4.78 is 16.2. The fourth-order valence-corrected chi connectivity index (χ4v) is 3.19. The van der Waals surface area contributed by atoms with Gasteiger partial charge in [0.25, 0.3) is 0 Å². The van der Waals surface area contributed by atoms with Gasteiger partial charge in [0.05, 0.1) is 31.7 Å². The summed E-state index contributed by atoms with van der Waals surface area (Å²) in [7, 11) is 2.92. The average Bonchev–Trinajstić information content (AvgIpc) is 3.24. The van der Waals surface area contributed by atoms with Crippen molar-refractivity contribution in [2.45, 2.75) is 6.42 Å². The van der Waals surface area contributed by atoms with Gasteiger partial charge in [-0.3, -0.25) is 0 Å². The van der Waals surface area contributed by atoms with Gasteiger partial charge in [-0.05, 0) is 23.8 Å². The molecule has 1 aliphatic heterocycles. The van der Waals surface area contributed by atoms with E-state index in [4.69, 9.17) is 14.2 Å². The van der Waals surface area contributed by atoms with Crippen LogP contribution in [0.2, 0.25) is 0 Å². The number of aromatic amines is 1. The Balaban J connectivity index is 2.11. The van der Waals surface area contributed by atoms with Gasteiger partial charge < -0.3 is 19.2 Å². The van der Waals surface area contributed by atoms with Gasteiger partial charge >= 0.3 is 5.97 Å². The zero-order valence-electron chi connectivity index (χ0n) is 13.4. The van der Waals surface area contributed by atoms with Gasteiger partial charge in [-0.1, -0.05) is 6.07 Å². The van der Waals surface area contributed by atoms with Crippen LogP contribution in [0.5, 0.6) is 11.6 Å². The lowest BCUT2D eigenvalue weighted by Crippen LogP contribution is -2.04. The number of carbonyl (C=O) groups is 1. The molecule has 0 saturated heterocycles. The number of benzene rings is 1. The molecule has 0 amide bonds. The van der Waals surface area contributed by atoms with Crippen molar-refractivity contribution in [3.05, 3.63) is 41.7 Å². The molecular weight excluding hydrogens is 308 g/mol. The summed E-state index contributed by atoms with van der Waals surface area (Å²) in [6, 6.07) is 7.66. The molecule has 122 valence electrons. The van der Waals surface area contributed by atoms with Crippen molar-refractivity contribution >= 4 is 16.9 Å². The van der Waals surface area contributed by atoms with E-state index in [1.54, 1.807) is 13.3 Å². The van der Waals surface area contributed by atoms with Crippen molar-refractivity contribution in [1.29, 1.82) is 0 Å². The zero-order chi connectivity index (χ0) is 16.7. The molecule has 3 aromatic rings. The van der Waals surface area contributed by atoms with Gasteiger partial charge in [-0.2, -0.15) is 0 Å². The van der Waals surface area contributed by atoms with Crippen LogP contribution in [0.4, 0.5) is 0 Å². The molecule has 6 heteroatoms. The zero-order valence-corrected chi connectivity index (χ0v) is 13.4. The van der Waals surface area contributed by atoms with E-state index < -0.39 is 5.97 Å². The number of nitrogens with one attached hydrogen (secondary N) is 1. The molecule has 0 bridgehead atoms. The minimum absolute atomic E-state index is 0.364. The summed E-state index contributed by atoms with van der Waals surface area (Å²) in [6.07, 6.45) is 2.50. The maximum Gasteiger partial charge on any atom is 0.355 e. The number of H-pyrrole nitrogens is 1. The summed E-state index contributed by atoms with van der Waals surface area (Å²) >= 11 is 0. The number of hydrogen-bond acceptors (Lipinski definition) is 5. The number of methoxy groups -OCH3 is 2. The average molecular weight is 324 g/mol. The smallest absolute Gasteiger partial charge is 0.355 e. The number of fused-ring (bicyclic) bond motifs is 3. The van der Waals surface area contributed by atoms with Crippen LogP contribution >= 0.6 is 0 Å². The van der Waals surface area contributed by atoms with E-state index in [9.17, 15) is 4.79 Å². The minimum Gasteiger partial charge on any atom is -0.492 e. The van der Waals surface area contributed by atoms with E-state index in [-0.39, 0.29) is 0 Å². The van der Waals surface area contributed by atoms with Crippen molar-refractivity contribution in [2.24, 2.45) is 0 Å². The molecular formula is C18H16N2O4. The molecule has 1 aliphatic rings. The van der Waals surface area contributed by atoms with E-state index in [1.807, 2.05) is 24.3 Å². The highest BCUT2D eigenvalue weighted by atomic mass is 16.5. The summed E-state index contributed by atoms with van der Waals surface area (Å²) in [5, 5.41) is 0.858. The number of pyridine rings is 1. The first kappa shape index (κ1) is 14.6. The van der Waals surface area contributed by atoms with E-state index in [0.717, 1.165) is 34.2 Å². The monoisotopic (exact) mass is 324 g/mol. The van der Waals surface area contributed by atoms with E-state index in [0.29, 0.717) is 23.7 Å². The Hall–Kier alpha value is -3.02. The number of hydrogen-bond donors (Lipinski definition) is 1. The molecule has 1 N–H and O–H groups in total. The number of esters is 1. The van der Waals surface area contributed by atoms with E-state index in [2.05, 4.69) is 9.97 Å². The Kier molecular flexibility index (Phi) is 3.37. The molecule has 0 saturated carbocycles. The van der Waals surface area contributed by atoms with Crippen LogP contribution in [0.15, 0.2) is 30.5 Å². The molecule has 2 aromatic heterocycles. The Morgan fingerprint density at radius 2 is 2.17 bits per heavy atom. The highest BCUT2D eigenvalue weighted by molar-refractivity contribution is 6.11. The molecule has 3 heterocycles. The maximum absolute atomic E-state index is 12.3. The molecule has 0 spiro atoms. The van der Waals surface area contributed by atoms with Crippen LogP contribution in [0.1, 0.15) is 16.1 Å². The fourth-order valence-electron chi connectivity index (χ4n) is 3.19. The van der Waals surface area contributed by atoms with Gasteiger partial charge in [-0.15, -0.1) is 0 Å². The molecule has 24 heavy (non-hydrogen) atoms. The fraction of sp³-hybridized carbons (Fsp3) is 0.222. The third kappa shape index (κ3) is 2.03. The maximum atomic E-state index is 12.3. The molecule has 0 unspecified atom stereocenters. The Labute approximate surface area is 138 Å². The van der Waals surface area contributed by atoms with Gasteiger partial charge in [0.2, 0.25) is 5.88 Å². The standard InChI is InChI=1S/C18H16N2O4/c1-22-17-11(4-3-8-19-17)13-14-12(20-15(13)18(21)23-2)6-5-10-7-9-24-16(10)14/h3-6,8,20H,7,9H2,1-2H3. The predicted octanol–water partition coefficient (Wildman–Crippen LogP) is 2.96. The highest BCUT2D eigenvalue weighted by Crippen LogP contribution is 2.44. The summed E-state index contributed by atoms with van der Waals surface area (Å²) in [5.74, 6) is 0.804. The number of aromatic nitrogens is 2. The predicted molar refractivity (Wildman–Crippen MR) is 88.6 cm³/mol. The quantitative estimate of drug-likeness (QED) is 0.750. The topological polar surface area (TPSA) is 73.4 Å². The van der Waals surface area contributed by atoms with Crippen molar-refractivity contribution in [3.8, 4) is 22.8 Å². The lowest BCUT2D eigenvalue weighted by atomic mass is 10.00. The van der Waals surface area contributed by atoms with Crippen LogP contribution < -0.4 is 9.47 Å². The number of nitrogens with zero attached hydrogens (tertiary/aromatic N) is 1. The molecule has 0 atom stereocenters. The van der Waals surface area contributed by atoms with Crippen molar-refractivity contribution in [1.82, 2.24) is 9.97 Å². The third-order valence-electron chi connectivity index (χ3n) is 4.24. The number of rotatable bonds is 3. The summed E-state index contributed by atoms with van der Waals surface area (Å²) in [5.41, 5.74) is 3.72. The number of carbonyl (C=O) groups excluding carboxylic acids is 1. The molecule has 4 rings (SSSR count). The Bertz CT molecular complexity index is 946. The summed E-state index contributed by atoms with van der Waals surface area (Å²) in [4.78, 5) is 19.7. The van der Waals surface area contributed by atoms with Crippen LogP contribution in [-0.2, 0) is 11.2 Å². The first-order chi connectivity index (χ1) is 11.7. The molecule has 0 aliphatic carbocycles. The number of ether oxygens (including phenoxy) is 3. The van der Waals surface area contributed by atoms with Crippen LogP contribution in [-0.4, -0.2) is 36.8 Å². The molecule has 0 fully saturated rings. The molecule has 0 radical (unpaired) electrons. The van der Waals surface area contributed by atoms with Crippen molar-refractivity contribution in [2.75, 3.05) is 20.8 Å². The Morgan fingerprint density at radius 3 is 2.96 bits per heavy atom. The van der Waals surface area contributed by atoms with Gasteiger partial charge in [0.1, 0.15) is 11.4 Å². The lowest BCUT2D eigenvalue weighted by molar-refractivity contribution is 0.0596. The second-order valence-electron chi connectivity index (χ2n) is 5.50. The van der Waals surface area contributed by atoms with Crippen molar-refractivity contribution in [3.63, 3.8) is 0 Å². The molecule has 1 aromatic carbocycles. The van der Waals surface area contributed by atoms with E-state index >= 15 is 0 Å². The third-order valence-corrected chi connectivity index (χ3v) is 4.24. The van der Waals surface area contributed by atoms with Crippen molar-refractivity contribution < 1.29 is 19.0 Å². The second-order valence-corrected chi connectivity index (χ2v) is 5.50. The second kappa shape index (κ2) is 5.56. The minimum atomic E-state index is -0.446. The Morgan fingerprint density at radius 1 is 1.29 bits per heavy atom. The lowest BCUT2D eigenvalue weighted by Gasteiger charge is -2.09. The SMILES string of the molecule is COC(=O)c1[nH]c2ccc3c(c2c1-c1cccnc1OC)OCC3. The normalized spacial score (nSPS) is 12.8. The van der Waals surface area contributed by atoms with Gasteiger partial charge in [0, 0.05) is 23.7 Å². The van der Waals surface area contributed by atoms with Crippen LogP contribution in [0, 0.1) is 0 Å². The largest absolute Gasteiger partial charge is 0.492 e. The highest BCUT2D eigenvalue weighted by Gasteiger charge is 2.27. The van der Waals surface area contributed by atoms with Gasteiger partial charge in [0.15, 0.2) is 0 Å². The summed E-state index contributed by atoms with van der Waals surface area (Å²) in [6.45, 7) is 0.636. The molecule has 6 nitrogen and oxygen atoms in total. The first-order valence-electron chi connectivity index (χ1n) is 7.62. The van der Waals surface area contributed by atoms with E-state index in [1.165, 1.54) is 7.11 Å². The first-order valence-corrected chi connectivity index (χ1v) is 7.62. The van der Waals surface area contributed by atoms with Crippen LogP contribution in [0.25, 0.3) is 22.0 Å². The van der Waals surface area contributed by atoms with Gasteiger partial charge in [-0.25, -0.2) is 9.78 Å². The van der Waals surface area contributed by atoms with Crippen LogP contribution in [0.3, 0.4) is 0 Å².